The maximum absolute atomic E-state index is 6.20. The van der Waals surface area contributed by atoms with Gasteiger partial charge in [-0.05, 0) is 74.1 Å². The van der Waals surface area contributed by atoms with Crippen LogP contribution in [0.3, 0.4) is 0 Å². The minimum absolute atomic E-state index is 0.136. The Morgan fingerprint density at radius 1 is 0.511 bits per heavy atom. The van der Waals surface area contributed by atoms with Gasteiger partial charge in [0.25, 0.3) is 0 Å². The van der Waals surface area contributed by atoms with Gasteiger partial charge in [-0.3, -0.25) is 5.32 Å². The van der Waals surface area contributed by atoms with Crippen molar-refractivity contribution in [3.8, 4) is 11.1 Å². The van der Waals surface area contributed by atoms with Gasteiger partial charge in [0.2, 0.25) is 0 Å². The Morgan fingerprint density at radius 2 is 1.16 bits per heavy atom. The quantitative estimate of drug-likeness (QED) is 0.218. The Bertz CT molecular complexity index is 2420. The van der Waals surface area contributed by atoms with E-state index in [2.05, 4.69) is 144 Å². The third-order valence-electron chi connectivity index (χ3n) is 8.91. The van der Waals surface area contributed by atoms with Crippen molar-refractivity contribution in [3.05, 3.63) is 168 Å². The summed E-state index contributed by atoms with van der Waals surface area (Å²) in [5.74, 6) is 0.858. The molecule has 214 valence electrons. The summed E-state index contributed by atoms with van der Waals surface area (Å²) in [5.41, 5.74) is 7.39. The van der Waals surface area contributed by atoms with Gasteiger partial charge in [-0.1, -0.05) is 121 Å². The van der Waals surface area contributed by atoms with Gasteiger partial charge < -0.3 is 9.73 Å². The van der Waals surface area contributed by atoms with Gasteiger partial charge in [-0.25, -0.2) is 4.99 Å². The first-order valence-corrected chi connectivity index (χ1v) is 15.4. The summed E-state index contributed by atoms with van der Waals surface area (Å²) in [5, 5.41) is 14.7. The molecule has 1 aliphatic heterocycles. The number of benzene rings is 7. The van der Waals surface area contributed by atoms with E-state index in [1.807, 2.05) is 18.2 Å². The lowest BCUT2D eigenvalue weighted by Crippen LogP contribution is -2.45. The van der Waals surface area contributed by atoms with Gasteiger partial charge in [0.15, 0.2) is 0 Å². The SMILES string of the molecule is c1cc(C2=NC(c3ccc4ccccc4c3)NC(c3ccc4ccccc4c3)N2)cc(-c2cccc3oc4ccccc4c23)c1. The summed E-state index contributed by atoms with van der Waals surface area (Å²) in [6.07, 6.45) is -0.365. The second-order valence-corrected chi connectivity index (χ2v) is 11.7. The van der Waals surface area contributed by atoms with E-state index in [0.717, 1.165) is 55.6 Å². The first kappa shape index (κ1) is 25.8. The van der Waals surface area contributed by atoms with Gasteiger partial charge in [-0.15, -0.1) is 0 Å². The van der Waals surface area contributed by atoms with E-state index in [-0.39, 0.29) is 12.3 Å². The van der Waals surface area contributed by atoms with Gasteiger partial charge in [0, 0.05) is 16.3 Å². The molecule has 0 saturated heterocycles. The lowest BCUT2D eigenvalue weighted by molar-refractivity contribution is 0.409. The molecular weight excluding hydrogens is 550 g/mol. The third kappa shape index (κ3) is 4.55. The van der Waals surface area contributed by atoms with Crippen LogP contribution in [0, 0.1) is 0 Å². The van der Waals surface area contributed by atoms with E-state index in [0.29, 0.717) is 0 Å². The maximum Gasteiger partial charge on any atom is 0.136 e. The predicted octanol–water partition coefficient (Wildman–Crippen LogP) is 9.90. The minimum Gasteiger partial charge on any atom is -0.456 e. The van der Waals surface area contributed by atoms with Crippen molar-refractivity contribution < 1.29 is 4.42 Å². The van der Waals surface area contributed by atoms with Crippen molar-refractivity contribution in [1.29, 1.82) is 0 Å². The number of rotatable bonds is 4. The lowest BCUT2D eigenvalue weighted by atomic mass is 9.97. The molecule has 2 heterocycles. The topological polar surface area (TPSA) is 49.6 Å². The molecule has 0 spiro atoms. The van der Waals surface area contributed by atoms with Crippen molar-refractivity contribution in [2.75, 3.05) is 0 Å². The predicted molar refractivity (Wildman–Crippen MR) is 185 cm³/mol. The molecule has 2 unspecified atom stereocenters. The molecule has 2 atom stereocenters. The number of nitrogens with zero attached hydrogens (tertiary/aromatic N) is 1. The molecule has 0 radical (unpaired) electrons. The zero-order valence-corrected chi connectivity index (χ0v) is 24.4. The van der Waals surface area contributed by atoms with Gasteiger partial charge >= 0.3 is 0 Å². The first-order valence-electron chi connectivity index (χ1n) is 15.4. The van der Waals surface area contributed by atoms with Crippen molar-refractivity contribution in [1.82, 2.24) is 10.6 Å². The molecule has 1 aromatic heterocycles. The summed E-state index contributed by atoms with van der Waals surface area (Å²) in [6, 6.07) is 53.5. The Hall–Kier alpha value is -5.71. The van der Waals surface area contributed by atoms with Gasteiger partial charge in [0.1, 0.15) is 29.3 Å². The largest absolute Gasteiger partial charge is 0.456 e. The fourth-order valence-electron chi connectivity index (χ4n) is 6.66. The molecule has 0 amide bonds. The van der Waals surface area contributed by atoms with Crippen LogP contribution < -0.4 is 10.6 Å². The number of fused-ring (bicyclic) bond motifs is 5. The highest BCUT2D eigenvalue weighted by Gasteiger charge is 2.26. The van der Waals surface area contributed by atoms with Gasteiger partial charge in [0.05, 0.1) is 0 Å². The fourth-order valence-corrected chi connectivity index (χ4v) is 6.66. The highest BCUT2D eigenvalue weighted by Crippen LogP contribution is 2.37. The molecule has 45 heavy (non-hydrogen) atoms. The van der Waals surface area contributed by atoms with Crippen LogP contribution in [0.15, 0.2) is 161 Å². The molecule has 7 aromatic carbocycles. The van der Waals surface area contributed by atoms with E-state index in [1.165, 1.54) is 21.5 Å². The Morgan fingerprint density at radius 3 is 1.98 bits per heavy atom. The molecule has 0 fully saturated rings. The lowest BCUT2D eigenvalue weighted by Gasteiger charge is -2.32. The Kier molecular flexibility index (Phi) is 6.00. The second kappa shape index (κ2) is 10.5. The zero-order valence-electron chi connectivity index (χ0n) is 24.4. The van der Waals surface area contributed by atoms with Crippen LogP contribution in [0.1, 0.15) is 29.0 Å². The highest BCUT2D eigenvalue weighted by atomic mass is 16.3. The molecule has 9 rings (SSSR count). The number of hydrogen-bond donors (Lipinski definition) is 2. The number of aliphatic imine (C=N–C) groups is 1. The average Bonchev–Trinajstić information content (AvgIpc) is 3.50. The van der Waals surface area contributed by atoms with Crippen molar-refractivity contribution in [2.45, 2.75) is 12.3 Å². The van der Waals surface area contributed by atoms with E-state index in [1.54, 1.807) is 0 Å². The minimum atomic E-state index is -0.229. The molecule has 2 N–H and O–H groups in total. The normalized spacial score (nSPS) is 16.7. The van der Waals surface area contributed by atoms with Crippen LogP contribution in [0.4, 0.5) is 0 Å². The van der Waals surface area contributed by atoms with Crippen molar-refractivity contribution >= 4 is 49.3 Å². The zero-order chi connectivity index (χ0) is 29.7. The van der Waals surface area contributed by atoms with Crippen LogP contribution in [-0.2, 0) is 0 Å². The standard InChI is InChI=1S/C41H29N3O/c1-3-11-28-23-32(21-19-26(28)9-1)40-42-39(43-41(44-40)33-22-20-27-10-2-4-12-29(27)24-33)31-14-7-13-30(25-31)34-16-8-18-37-38(34)35-15-5-6-17-36(35)45-37/h1-25,40-41,44H,(H,42,43). The second-order valence-electron chi connectivity index (χ2n) is 11.7. The van der Waals surface area contributed by atoms with E-state index < -0.39 is 0 Å². The number of nitrogens with one attached hydrogen (secondary N) is 2. The van der Waals surface area contributed by atoms with Crippen LogP contribution >= 0.6 is 0 Å². The average molecular weight is 580 g/mol. The smallest absolute Gasteiger partial charge is 0.136 e. The maximum atomic E-state index is 6.20. The monoisotopic (exact) mass is 579 g/mol. The molecular formula is C41H29N3O. The molecule has 1 aliphatic rings. The van der Waals surface area contributed by atoms with Crippen LogP contribution in [-0.4, -0.2) is 5.84 Å². The summed E-state index contributed by atoms with van der Waals surface area (Å²) in [6.45, 7) is 0. The molecule has 4 heteroatoms. The summed E-state index contributed by atoms with van der Waals surface area (Å²) in [7, 11) is 0. The molecule has 0 aliphatic carbocycles. The van der Waals surface area contributed by atoms with E-state index in [9.17, 15) is 0 Å². The van der Waals surface area contributed by atoms with E-state index >= 15 is 0 Å². The highest BCUT2D eigenvalue weighted by molar-refractivity contribution is 6.12. The van der Waals surface area contributed by atoms with Crippen LogP contribution in [0.25, 0.3) is 54.6 Å². The fraction of sp³-hybridized carbons (Fsp3) is 0.0488. The number of hydrogen-bond acceptors (Lipinski definition) is 4. The van der Waals surface area contributed by atoms with E-state index in [4.69, 9.17) is 9.41 Å². The molecule has 0 bridgehead atoms. The number of amidine groups is 1. The van der Waals surface area contributed by atoms with Crippen LogP contribution in [0.5, 0.6) is 0 Å². The first-order chi connectivity index (χ1) is 22.3. The molecule has 4 nitrogen and oxygen atoms in total. The van der Waals surface area contributed by atoms with Crippen molar-refractivity contribution in [2.24, 2.45) is 4.99 Å². The summed E-state index contributed by atoms with van der Waals surface area (Å²) >= 11 is 0. The number of furan rings is 1. The Balaban J connectivity index is 1.17. The Labute approximate surface area is 260 Å². The number of para-hydroxylation sites is 1. The van der Waals surface area contributed by atoms with Crippen LogP contribution in [0.2, 0.25) is 0 Å². The molecule has 0 saturated carbocycles. The third-order valence-corrected chi connectivity index (χ3v) is 8.91. The summed E-state index contributed by atoms with van der Waals surface area (Å²) in [4.78, 5) is 5.28. The summed E-state index contributed by atoms with van der Waals surface area (Å²) < 4.78 is 6.20. The van der Waals surface area contributed by atoms with Crippen molar-refractivity contribution in [3.63, 3.8) is 0 Å². The molecule has 8 aromatic rings. The van der Waals surface area contributed by atoms with Gasteiger partial charge in [-0.2, -0.15) is 0 Å².